The molecule has 0 radical (unpaired) electrons. The van der Waals surface area contributed by atoms with Gasteiger partial charge in [0.1, 0.15) is 11.3 Å². The molecule has 0 fully saturated rings. The molecule has 3 rings (SSSR count). The second-order valence-electron chi connectivity index (χ2n) is 5.17. The Hall–Kier alpha value is -2.34. The number of carbonyl (C=O) groups excluding carboxylic acids is 1. The molecule has 6 heteroatoms. The maximum Gasteiger partial charge on any atom is 0.227 e. The summed E-state index contributed by atoms with van der Waals surface area (Å²) in [6, 6.07) is 10.4. The zero-order valence-corrected chi connectivity index (χ0v) is 14.1. The van der Waals surface area contributed by atoms with E-state index in [1.165, 1.54) is 0 Å². The Kier molecular flexibility index (Phi) is 4.34. The Morgan fingerprint density at radius 2 is 2.13 bits per heavy atom. The van der Waals surface area contributed by atoms with Crippen LogP contribution in [0.25, 0.3) is 22.6 Å². The first-order chi connectivity index (χ1) is 11.1. The number of hydrogen-bond donors (Lipinski definition) is 2. The van der Waals surface area contributed by atoms with E-state index in [-0.39, 0.29) is 11.7 Å². The third-order valence-electron chi connectivity index (χ3n) is 3.34. The average molecular weight is 375 g/mol. The maximum absolute atomic E-state index is 11.7. The Morgan fingerprint density at radius 3 is 2.87 bits per heavy atom. The van der Waals surface area contributed by atoms with Crippen LogP contribution in [0.4, 0.5) is 5.69 Å². The SMILES string of the molecule is CCCC(=O)Nc1ccc2oc(-c3ccc(O)c(Br)c3)nc2c1. The van der Waals surface area contributed by atoms with Gasteiger partial charge in [0, 0.05) is 17.7 Å². The first kappa shape index (κ1) is 15.6. The fraction of sp³-hybridized carbons (Fsp3) is 0.176. The topological polar surface area (TPSA) is 75.4 Å². The quantitative estimate of drug-likeness (QED) is 0.693. The van der Waals surface area contributed by atoms with E-state index in [4.69, 9.17) is 4.42 Å². The van der Waals surface area contributed by atoms with Crippen molar-refractivity contribution >= 4 is 38.6 Å². The van der Waals surface area contributed by atoms with Gasteiger partial charge in [0.2, 0.25) is 11.8 Å². The number of nitrogens with zero attached hydrogens (tertiary/aromatic N) is 1. The summed E-state index contributed by atoms with van der Waals surface area (Å²) >= 11 is 3.27. The molecule has 3 aromatic rings. The highest BCUT2D eigenvalue weighted by molar-refractivity contribution is 9.10. The molecule has 0 unspecified atom stereocenters. The van der Waals surface area contributed by atoms with Gasteiger partial charge in [-0.1, -0.05) is 6.92 Å². The third-order valence-corrected chi connectivity index (χ3v) is 3.98. The van der Waals surface area contributed by atoms with Crippen LogP contribution in [-0.2, 0) is 4.79 Å². The number of phenols is 1. The number of nitrogens with one attached hydrogen (secondary N) is 1. The van der Waals surface area contributed by atoms with Crippen LogP contribution in [0.1, 0.15) is 19.8 Å². The van der Waals surface area contributed by atoms with Crippen molar-refractivity contribution < 1.29 is 14.3 Å². The predicted octanol–water partition coefficient (Wildman–Crippen LogP) is 4.70. The number of aromatic nitrogens is 1. The van der Waals surface area contributed by atoms with Gasteiger partial charge in [-0.3, -0.25) is 4.79 Å². The molecule has 0 atom stereocenters. The van der Waals surface area contributed by atoms with Crippen molar-refractivity contribution in [3.63, 3.8) is 0 Å². The lowest BCUT2D eigenvalue weighted by Gasteiger charge is -2.02. The smallest absolute Gasteiger partial charge is 0.227 e. The molecule has 2 aromatic carbocycles. The Balaban J connectivity index is 1.92. The first-order valence-corrected chi connectivity index (χ1v) is 8.05. The van der Waals surface area contributed by atoms with Crippen molar-refractivity contribution in [3.8, 4) is 17.2 Å². The lowest BCUT2D eigenvalue weighted by Crippen LogP contribution is -2.10. The molecule has 0 aliphatic rings. The van der Waals surface area contributed by atoms with Crippen LogP contribution in [0.5, 0.6) is 5.75 Å². The molecule has 118 valence electrons. The van der Waals surface area contributed by atoms with Gasteiger partial charge in [-0.05, 0) is 58.7 Å². The number of phenolic OH excluding ortho intramolecular Hbond substituents is 1. The van der Waals surface area contributed by atoms with Crippen LogP contribution >= 0.6 is 15.9 Å². The normalized spacial score (nSPS) is 10.9. The fourth-order valence-electron chi connectivity index (χ4n) is 2.22. The molecule has 1 amide bonds. The van der Waals surface area contributed by atoms with Crippen molar-refractivity contribution in [2.75, 3.05) is 5.32 Å². The summed E-state index contributed by atoms with van der Waals surface area (Å²) in [6.07, 6.45) is 1.29. The summed E-state index contributed by atoms with van der Waals surface area (Å²) in [5, 5.41) is 12.4. The summed E-state index contributed by atoms with van der Waals surface area (Å²) in [7, 11) is 0. The van der Waals surface area contributed by atoms with Gasteiger partial charge in [0.25, 0.3) is 0 Å². The van der Waals surface area contributed by atoms with E-state index in [9.17, 15) is 9.90 Å². The lowest BCUT2D eigenvalue weighted by atomic mass is 10.2. The molecule has 0 spiro atoms. The molecule has 0 saturated heterocycles. The summed E-state index contributed by atoms with van der Waals surface area (Å²) < 4.78 is 6.30. The first-order valence-electron chi connectivity index (χ1n) is 7.26. The molecule has 0 saturated carbocycles. The molecule has 0 bridgehead atoms. The predicted molar refractivity (Wildman–Crippen MR) is 92.3 cm³/mol. The van der Waals surface area contributed by atoms with Crippen LogP contribution < -0.4 is 5.32 Å². The molecule has 1 aromatic heterocycles. The summed E-state index contributed by atoms with van der Waals surface area (Å²) in [5.74, 6) is 0.599. The molecule has 5 nitrogen and oxygen atoms in total. The van der Waals surface area contributed by atoms with E-state index in [2.05, 4.69) is 26.2 Å². The van der Waals surface area contributed by atoms with Crippen molar-refractivity contribution in [3.05, 3.63) is 40.9 Å². The molecule has 1 heterocycles. The van der Waals surface area contributed by atoms with Crippen molar-refractivity contribution in [1.29, 1.82) is 0 Å². The van der Waals surface area contributed by atoms with Crippen LogP contribution in [-0.4, -0.2) is 16.0 Å². The minimum absolute atomic E-state index is 0.0157. The van der Waals surface area contributed by atoms with Gasteiger partial charge >= 0.3 is 0 Å². The minimum Gasteiger partial charge on any atom is -0.507 e. The number of fused-ring (bicyclic) bond motifs is 1. The second-order valence-corrected chi connectivity index (χ2v) is 6.02. The highest BCUT2D eigenvalue weighted by Gasteiger charge is 2.11. The van der Waals surface area contributed by atoms with Crippen LogP contribution in [0.2, 0.25) is 0 Å². The Bertz CT molecular complexity index is 873. The molecular weight excluding hydrogens is 360 g/mol. The number of amides is 1. The molecule has 23 heavy (non-hydrogen) atoms. The van der Waals surface area contributed by atoms with Crippen LogP contribution in [0.3, 0.4) is 0 Å². The number of halogens is 1. The summed E-state index contributed by atoms with van der Waals surface area (Å²) in [6.45, 7) is 1.96. The number of benzene rings is 2. The minimum atomic E-state index is -0.0157. The van der Waals surface area contributed by atoms with E-state index >= 15 is 0 Å². The zero-order valence-electron chi connectivity index (χ0n) is 12.5. The van der Waals surface area contributed by atoms with Crippen LogP contribution in [0, 0.1) is 0 Å². The van der Waals surface area contributed by atoms with E-state index < -0.39 is 0 Å². The van der Waals surface area contributed by atoms with Gasteiger partial charge < -0.3 is 14.8 Å². The zero-order chi connectivity index (χ0) is 16.4. The van der Waals surface area contributed by atoms with E-state index in [0.717, 1.165) is 12.0 Å². The number of aromatic hydroxyl groups is 1. The largest absolute Gasteiger partial charge is 0.507 e. The second kappa shape index (κ2) is 6.42. The summed E-state index contributed by atoms with van der Waals surface area (Å²) in [5.41, 5.74) is 2.75. The number of anilines is 1. The van der Waals surface area contributed by atoms with Gasteiger partial charge in [-0.15, -0.1) is 0 Å². The summed E-state index contributed by atoms with van der Waals surface area (Å²) in [4.78, 5) is 16.1. The van der Waals surface area contributed by atoms with Crippen molar-refractivity contribution in [2.45, 2.75) is 19.8 Å². The highest BCUT2D eigenvalue weighted by atomic mass is 79.9. The third kappa shape index (κ3) is 3.37. The number of rotatable bonds is 4. The van der Waals surface area contributed by atoms with Gasteiger partial charge in [-0.25, -0.2) is 4.98 Å². The average Bonchev–Trinajstić information content (AvgIpc) is 2.93. The Morgan fingerprint density at radius 1 is 1.30 bits per heavy atom. The number of carbonyl (C=O) groups is 1. The van der Waals surface area contributed by atoms with Gasteiger partial charge in [-0.2, -0.15) is 0 Å². The van der Waals surface area contributed by atoms with E-state index in [0.29, 0.717) is 33.6 Å². The van der Waals surface area contributed by atoms with E-state index in [1.54, 1.807) is 36.4 Å². The molecule has 2 N–H and O–H groups in total. The van der Waals surface area contributed by atoms with E-state index in [1.807, 2.05) is 6.92 Å². The highest BCUT2D eigenvalue weighted by Crippen LogP contribution is 2.31. The van der Waals surface area contributed by atoms with Crippen molar-refractivity contribution in [2.24, 2.45) is 0 Å². The number of oxazole rings is 1. The number of hydrogen-bond acceptors (Lipinski definition) is 4. The molecule has 0 aliphatic heterocycles. The lowest BCUT2D eigenvalue weighted by molar-refractivity contribution is -0.116. The fourth-order valence-corrected chi connectivity index (χ4v) is 2.60. The monoisotopic (exact) mass is 374 g/mol. The molecule has 0 aliphatic carbocycles. The van der Waals surface area contributed by atoms with Gasteiger partial charge in [0.15, 0.2) is 5.58 Å². The maximum atomic E-state index is 11.7. The van der Waals surface area contributed by atoms with Crippen LogP contribution in [0.15, 0.2) is 45.3 Å². The standard InChI is InChI=1S/C17H15BrN2O3/c1-2-3-16(22)19-11-5-7-15-13(9-11)20-17(23-15)10-4-6-14(21)12(18)8-10/h4-9,21H,2-3H2,1H3,(H,19,22). The van der Waals surface area contributed by atoms with Gasteiger partial charge in [0.05, 0.1) is 4.47 Å². The Labute approximate surface area is 141 Å². The molecular formula is C17H15BrN2O3. The van der Waals surface area contributed by atoms with Crippen molar-refractivity contribution in [1.82, 2.24) is 4.98 Å².